The standard InChI is InChI=1S/C23H22Cl2N2O4S2/c1-3-4-9-27-22(29)20(33-23(27)32)11-14-5-8-18(19(10-14)30-2)31-13-21(28)26-15-6-7-16(24)17(25)12-15/h5-8,10-12H,3-4,9,13H2,1-2H3,(H,26,28)/b20-11-. The van der Waals surface area contributed by atoms with Gasteiger partial charge in [0.05, 0.1) is 22.1 Å². The quantitative estimate of drug-likeness (QED) is 0.319. The molecule has 0 spiro atoms. The van der Waals surface area contributed by atoms with Crippen LogP contribution in [0.3, 0.4) is 0 Å². The van der Waals surface area contributed by atoms with Crippen LogP contribution in [0.15, 0.2) is 41.3 Å². The van der Waals surface area contributed by atoms with Gasteiger partial charge >= 0.3 is 0 Å². The molecule has 2 amide bonds. The van der Waals surface area contributed by atoms with Crippen molar-refractivity contribution in [3.63, 3.8) is 0 Å². The second kappa shape index (κ2) is 11.7. The maximum atomic E-state index is 12.6. The van der Waals surface area contributed by atoms with Gasteiger partial charge in [-0.25, -0.2) is 0 Å². The Kier molecular flexibility index (Phi) is 9.02. The van der Waals surface area contributed by atoms with Gasteiger partial charge in [0.1, 0.15) is 4.32 Å². The number of carbonyl (C=O) groups excluding carboxylic acids is 2. The fourth-order valence-electron chi connectivity index (χ4n) is 2.97. The van der Waals surface area contributed by atoms with Crippen LogP contribution in [0.2, 0.25) is 10.0 Å². The van der Waals surface area contributed by atoms with Crippen LogP contribution >= 0.6 is 47.2 Å². The van der Waals surface area contributed by atoms with Gasteiger partial charge < -0.3 is 14.8 Å². The number of thiocarbonyl (C=S) groups is 1. The first kappa shape index (κ1) is 25.4. The van der Waals surface area contributed by atoms with Gasteiger partial charge in [-0.05, 0) is 48.4 Å². The van der Waals surface area contributed by atoms with Crippen molar-refractivity contribution in [1.82, 2.24) is 4.90 Å². The molecule has 10 heteroatoms. The smallest absolute Gasteiger partial charge is 0.266 e. The number of thioether (sulfide) groups is 1. The number of carbonyl (C=O) groups is 2. The Bertz CT molecular complexity index is 1110. The molecule has 0 saturated carbocycles. The van der Waals surface area contributed by atoms with Gasteiger partial charge in [0.15, 0.2) is 18.1 Å². The molecule has 1 heterocycles. The lowest BCUT2D eigenvalue weighted by molar-refractivity contribution is -0.122. The molecule has 0 aliphatic carbocycles. The number of ether oxygens (including phenoxy) is 2. The van der Waals surface area contributed by atoms with Crippen LogP contribution in [0, 0.1) is 0 Å². The minimum atomic E-state index is -0.365. The van der Waals surface area contributed by atoms with Crippen molar-refractivity contribution in [2.75, 3.05) is 25.6 Å². The average molecular weight is 525 g/mol. The second-order valence-electron chi connectivity index (χ2n) is 7.06. The molecule has 3 rings (SSSR count). The third kappa shape index (κ3) is 6.63. The zero-order valence-electron chi connectivity index (χ0n) is 18.0. The molecular formula is C23H22Cl2N2O4S2. The molecule has 174 valence electrons. The van der Waals surface area contributed by atoms with Crippen LogP contribution in [-0.2, 0) is 9.59 Å². The highest BCUT2D eigenvalue weighted by Crippen LogP contribution is 2.35. The van der Waals surface area contributed by atoms with Gasteiger partial charge in [0.2, 0.25) is 0 Å². The molecule has 1 saturated heterocycles. The van der Waals surface area contributed by atoms with E-state index in [0.717, 1.165) is 18.4 Å². The summed E-state index contributed by atoms with van der Waals surface area (Å²) in [5.74, 6) is 0.383. The van der Waals surface area contributed by atoms with Crippen LogP contribution in [0.25, 0.3) is 6.08 Å². The number of benzene rings is 2. The van der Waals surface area contributed by atoms with E-state index >= 15 is 0 Å². The summed E-state index contributed by atoms with van der Waals surface area (Å²) in [6.07, 6.45) is 3.66. The van der Waals surface area contributed by atoms with E-state index < -0.39 is 0 Å². The van der Waals surface area contributed by atoms with Crippen molar-refractivity contribution >= 4 is 75.1 Å². The number of unbranched alkanes of at least 4 members (excludes halogenated alkanes) is 1. The van der Waals surface area contributed by atoms with Crippen molar-refractivity contribution in [2.24, 2.45) is 0 Å². The van der Waals surface area contributed by atoms with E-state index in [1.807, 2.05) is 0 Å². The van der Waals surface area contributed by atoms with Gasteiger partial charge in [-0.2, -0.15) is 0 Å². The number of hydrogen-bond donors (Lipinski definition) is 1. The highest BCUT2D eigenvalue weighted by Gasteiger charge is 2.31. The Morgan fingerprint density at radius 2 is 1.97 bits per heavy atom. The average Bonchev–Trinajstić information content (AvgIpc) is 3.06. The van der Waals surface area contributed by atoms with Crippen molar-refractivity contribution in [3.8, 4) is 11.5 Å². The van der Waals surface area contributed by atoms with E-state index in [1.165, 1.54) is 18.9 Å². The highest BCUT2D eigenvalue weighted by molar-refractivity contribution is 8.26. The maximum absolute atomic E-state index is 12.6. The molecule has 33 heavy (non-hydrogen) atoms. The molecule has 0 aromatic heterocycles. The summed E-state index contributed by atoms with van der Waals surface area (Å²) in [5.41, 5.74) is 1.27. The summed E-state index contributed by atoms with van der Waals surface area (Å²) < 4.78 is 11.6. The van der Waals surface area contributed by atoms with E-state index in [2.05, 4.69) is 12.2 Å². The predicted octanol–water partition coefficient (Wildman–Crippen LogP) is 6.02. The van der Waals surface area contributed by atoms with E-state index in [9.17, 15) is 9.59 Å². The molecule has 1 aliphatic rings. The van der Waals surface area contributed by atoms with Gasteiger partial charge in [-0.1, -0.05) is 66.6 Å². The molecule has 0 atom stereocenters. The van der Waals surface area contributed by atoms with Gasteiger partial charge in [-0.15, -0.1) is 0 Å². The molecule has 1 N–H and O–H groups in total. The summed E-state index contributed by atoms with van der Waals surface area (Å²) >= 11 is 18.5. The molecular weight excluding hydrogens is 503 g/mol. The molecule has 0 unspecified atom stereocenters. The minimum absolute atomic E-state index is 0.0864. The summed E-state index contributed by atoms with van der Waals surface area (Å²) in [4.78, 5) is 27.1. The maximum Gasteiger partial charge on any atom is 0.266 e. The van der Waals surface area contributed by atoms with Crippen LogP contribution in [-0.4, -0.2) is 41.3 Å². The Morgan fingerprint density at radius 3 is 2.67 bits per heavy atom. The van der Waals surface area contributed by atoms with Crippen LogP contribution < -0.4 is 14.8 Å². The summed E-state index contributed by atoms with van der Waals surface area (Å²) in [6, 6.07) is 10.0. The number of amides is 2. The molecule has 1 fully saturated rings. The molecule has 2 aromatic rings. The number of nitrogens with one attached hydrogen (secondary N) is 1. The summed E-state index contributed by atoms with van der Waals surface area (Å²) in [6.45, 7) is 2.46. The molecule has 0 bridgehead atoms. The number of anilines is 1. The summed E-state index contributed by atoms with van der Waals surface area (Å²) in [5, 5.41) is 3.43. The topological polar surface area (TPSA) is 67.9 Å². The SMILES string of the molecule is CCCCN1C(=O)/C(=C/c2ccc(OCC(=O)Nc3ccc(Cl)c(Cl)c3)c(OC)c2)SC1=S. The lowest BCUT2D eigenvalue weighted by atomic mass is 10.2. The van der Waals surface area contributed by atoms with E-state index in [1.54, 1.807) is 47.4 Å². The molecule has 1 aliphatic heterocycles. The minimum Gasteiger partial charge on any atom is -0.493 e. The normalized spacial score (nSPS) is 14.7. The highest BCUT2D eigenvalue weighted by atomic mass is 35.5. The third-order valence-electron chi connectivity index (χ3n) is 4.66. The van der Waals surface area contributed by atoms with E-state index in [0.29, 0.717) is 43.0 Å². The monoisotopic (exact) mass is 524 g/mol. The zero-order valence-corrected chi connectivity index (χ0v) is 21.2. The number of halogens is 2. The first-order valence-electron chi connectivity index (χ1n) is 10.1. The number of rotatable bonds is 9. The van der Waals surface area contributed by atoms with E-state index in [-0.39, 0.29) is 18.4 Å². The fraction of sp³-hybridized carbons (Fsp3) is 0.261. The largest absolute Gasteiger partial charge is 0.493 e. The lowest BCUT2D eigenvalue weighted by Crippen LogP contribution is -2.28. The van der Waals surface area contributed by atoms with Crippen LogP contribution in [0.4, 0.5) is 5.69 Å². The first-order chi connectivity index (χ1) is 15.8. The van der Waals surface area contributed by atoms with Crippen molar-refractivity contribution < 1.29 is 19.1 Å². The summed E-state index contributed by atoms with van der Waals surface area (Å²) in [7, 11) is 1.51. The lowest BCUT2D eigenvalue weighted by Gasteiger charge is -2.13. The van der Waals surface area contributed by atoms with E-state index in [4.69, 9.17) is 44.9 Å². The van der Waals surface area contributed by atoms with Crippen molar-refractivity contribution in [1.29, 1.82) is 0 Å². The van der Waals surface area contributed by atoms with Crippen LogP contribution in [0.5, 0.6) is 11.5 Å². The Morgan fingerprint density at radius 1 is 1.18 bits per heavy atom. The molecule has 2 aromatic carbocycles. The number of methoxy groups -OCH3 is 1. The van der Waals surface area contributed by atoms with Crippen molar-refractivity contribution in [2.45, 2.75) is 19.8 Å². The Hall–Kier alpha value is -2.26. The Balaban J connectivity index is 1.65. The number of nitrogens with zero attached hydrogens (tertiary/aromatic N) is 1. The first-order valence-corrected chi connectivity index (χ1v) is 12.1. The predicted molar refractivity (Wildman–Crippen MR) is 138 cm³/mol. The van der Waals surface area contributed by atoms with Gasteiger partial charge in [-0.3, -0.25) is 14.5 Å². The Labute approximate surface area is 212 Å². The van der Waals surface area contributed by atoms with Crippen molar-refractivity contribution in [3.05, 3.63) is 56.9 Å². The fourth-order valence-corrected chi connectivity index (χ4v) is 4.57. The zero-order chi connectivity index (χ0) is 24.0. The van der Waals surface area contributed by atoms with Crippen LogP contribution in [0.1, 0.15) is 25.3 Å². The second-order valence-corrected chi connectivity index (χ2v) is 9.55. The number of hydrogen-bond acceptors (Lipinski definition) is 6. The third-order valence-corrected chi connectivity index (χ3v) is 6.77. The molecule has 0 radical (unpaired) electrons. The molecule has 6 nitrogen and oxygen atoms in total. The van der Waals surface area contributed by atoms with Gasteiger partial charge in [0, 0.05) is 12.2 Å². The van der Waals surface area contributed by atoms with Gasteiger partial charge in [0.25, 0.3) is 11.8 Å².